The average Bonchev–Trinajstić information content (AvgIpc) is 3.29. The minimum Gasteiger partial charge on any atom is -0.403 e. The molecule has 1 unspecified atom stereocenters. The van der Waals surface area contributed by atoms with Gasteiger partial charge in [-0.25, -0.2) is 4.57 Å². The second kappa shape index (κ2) is 10.4. The van der Waals surface area contributed by atoms with Crippen LogP contribution in [0.15, 0.2) is 91.1 Å². The summed E-state index contributed by atoms with van der Waals surface area (Å²) in [5.41, 5.74) is 3.02. The molecule has 1 aromatic heterocycles. The van der Waals surface area contributed by atoms with Gasteiger partial charge < -0.3 is 14.0 Å². The number of hydrogen-bond acceptors (Lipinski definition) is 4. The molecule has 0 spiro atoms. The molecule has 172 valence electrons. The fourth-order valence-electron chi connectivity index (χ4n) is 3.63. The van der Waals surface area contributed by atoms with Crippen LogP contribution in [0.1, 0.15) is 11.1 Å². The first-order valence-electron chi connectivity index (χ1n) is 11.0. The van der Waals surface area contributed by atoms with Crippen LogP contribution in [-0.4, -0.2) is 36.7 Å². The topological polar surface area (TPSA) is 60.6 Å². The highest BCUT2D eigenvalue weighted by atomic mass is 31.2. The molecule has 1 atom stereocenters. The normalized spacial score (nSPS) is 13.6. The molecule has 3 aromatic carbocycles. The second-order valence-corrected chi connectivity index (χ2v) is 10.2. The predicted octanol–water partition coefficient (Wildman–Crippen LogP) is 6.16. The Kier molecular flexibility index (Phi) is 7.31. The molecule has 1 N–H and O–H groups in total. The van der Waals surface area contributed by atoms with Crippen LogP contribution in [0.3, 0.4) is 0 Å². The number of aromatic nitrogens is 1. The quantitative estimate of drug-likeness (QED) is 0.213. The van der Waals surface area contributed by atoms with Gasteiger partial charge >= 0.3 is 7.82 Å². The molecular weight excluding hydrogens is 435 g/mol. The SMILES string of the molecule is C[N+](C)(CCOP(=O)(OCc1ccccc1)Oc1cccc2[nH]ccc12)Cc1ccccc1. The molecule has 0 fully saturated rings. The van der Waals surface area contributed by atoms with Crippen LogP contribution < -0.4 is 4.52 Å². The summed E-state index contributed by atoms with van der Waals surface area (Å²) in [5, 5.41) is 0.824. The minimum atomic E-state index is -3.88. The Bertz CT molecular complexity index is 1210. The molecule has 0 saturated heterocycles. The molecule has 0 aliphatic rings. The summed E-state index contributed by atoms with van der Waals surface area (Å²) in [6.07, 6.45) is 1.82. The number of nitrogens with one attached hydrogen (secondary N) is 1. The number of likely N-dealkylation sites (N-methyl/N-ethyl adjacent to an activating group) is 1. The molecule has 7 heteroatoms. The van der Waals surface area contributed by atoms with Crippen LogP contribution >= 0.6 is 7.82 Å². The lowest BCUT2D eigenvalue weighted by Gasteiger charge is -2.30. The molecule has 0 radical (unpaired) electrons. The molecule has 1 heterocycles. The second-order valence-electron chi connectivity index (χ2n) is 8.63. The Balaban J connectivity index is 1.46. The van der Waals surface area contributed by atoms with E-state index >= 15 is 0 Å². The van der Waals surface area contributed by atoms with Gasteiger partial charge in [0.1, 0.15) is 25.4 Å². The summed E-state index contributed by atoms with van der Waals surface area (Å²) in [6, 6.07) is 27.3. The van der Waals surface area contributed by atoms with Gasteiger partial charge in [-0.15, -0.1) is 0 Å². The van der Waals surface area contributed by atoms with Gasteiger partial charge in [-0.1, -0.05) is 66.7 Å². The van der Waals surface area contributed by atoms with E-state index in [-0.39, 0.29) is 13.2 Å². The maximum Gasteiger partial charge on any atom is 0.530 e. The smallest absolute Gasteiger partial charge is 0.403 e. The third kappa shape index (κ3) is 6.56. The van der Waals surface area contributed by atoms with Gasteiger partial charge in [0.2, 0.25) is 0 Å². The van der Waals surface area contributed by atoms with Gasteiger partial charge in [-0.05, 0) is 23.8 Å². The standard InChI is InChI=1S/C26H30N2O4P/c1-28(2,20-22-10-5-3-6-11-22)18-19-30-33(29,31-21-23-12-7-4-8-13-23)32-26-15-9-14-25-24(26)16-17-27-25/h3-17,27H,18-21H2,1-2H3/q+1. The van der Waals surface area contributed by atoms with Gasteiger partial charge in [0.15, 0.2) is 0 Å². The van der Waals surface area contributed by atoms with Crippen molar-refractivity contribution in [3.05, 3.63) is 102 Å². The van der Waals surface area contributed by atoms with Crippen LogP contribution in [0.25, 0.3) is 10.9 Å². The number of aromatic amines is 1. The molecule has 0 aliphatic heterocycles. The number of benzene rings is 3. The van der Waals surface area contributed by atoms with Gasteiger partial charge in [0, 0.05) is 22.7 Å². The first kappa shape index (κ1) is 23.3. The molecule has 0 aliphatic carbocycles. The van der Waals surface area contributed by atoms with Crippen LogP contribution in [0.5, 0.6) is 5.75 Å². The largest absolute Gasteiger partial charge is 0.530 e. The summed E-state index contributed by atoms with van der Waals surface area (Å²) >= 11 is 0. The van der Waals surface area contributed by atoms with E-state index in [9.17, 15) is 4.57 Å². The maximum absolute atomic E-state index is 13.7. The number of nitrogens with zero attached hydrogens (tertiary/aromatic N) is 1. The molecule has 0 saturated carbocycles. The van der Waals surface area contributed by atoms with Gasteiger partial charge in [-0.2, -0.15) is 0 Å². The fourth-order valence-corrected chi connectivity index (χ4v) is 4.82. The summed E-state index contributed by atoms with van der Waals surface area (Å²) in [7, 11) is 0.358. The third-order valence-corrected chi connectivity index (χ3v) is 6.76. The molecule has 33 heavy (non-hydrogen) atoms. The number of phosphoric acid groups is 1. The lowest BCUT2D eigenvalue weighted by atomic mass is 10.2. The lowest BCUT2D eigenvalue weighted by Crippen LogP contribution is -2.41. The van der Waals surface area contributed by atoms with E-state index in [0.29, 0.717) is 16.8 Å². The summed E-state index contributed by atoms with van der Waals surface area (Å²) in [6.45, 7) is 1.84. The van der Waals surface area contributed by atoms with Crippen LogP contribution in [0.2, 0.25) is 0 Å². The van der Waals surface area contributed by atoms with Gasteiger partial charge in [0.25, 0.3) is 0 Å². The Morgan fingerprint density at radius 1 is 0.818 bits per heavy atom. The number of quaternary nitrogens is 1. The highest BCUT2D eigenvalue weighted by Crippen LogP contribution is 2.51. The molecule has 0 bridgehead atoms. The number of fused-ring (bicyclic) bond motifs is 1. The van der Waals surface area contributed by atoms with Crippen molar-refractivity contribution < 1.29 is 22.6 Å². The zero-order valence-electron chi connectivity index (χ0n) is 19.0. The van der Waals surface area contributed by atoms with Crippen molar-refractivity contribution in [2.75, 3.05) is 27.2 Å². The first-order chi connectivity index (χ1) is 15.9. The van der Waals surface area contributed by atoms with E-state index < -0.39 is 7.82 Å². The van der Waals surface area contributed by atoms with Crippen molar-refractivity contribution in [2.24, 2.45) is 0 Å². The van der Waals surface area contributed by atoms with Crippen molar-refractivity contribution in [1.29, 1.82) is 0 Å². The van der Waals surface area contributed by atoms with Crippen LogP contribution in [0.4, 0.5) is 0 Å². The van der Waals surface area contributed by atoms with E-state index in [1.165, 1.54) is 5.56 Å². The van der Waals surface area contributed by atoms with E-state index in [0.717, 1.165) is 23.0 Å². The van der Waals surface area contributed by atoms with Crippen molar-refractivity contribution in [1.82, 2.24) is 4.98 Å². The number of hydrogen-bond donors (Lipinski definition) is 1. The van der Waals surface area contributed by atoms with Crippen LogP contribution in [0, 0.1) is 0 Å². The molecule has 0 amide bonds. The van der Waals surface area contributed by atoms with E-state index in [2.05, 4.69) is 31.2 Å². The summed E-state index contributed by atoms with van der Waals surface area (Å²) in [5.74, 6) is 0.461. The third-order valence-electron chi connectivity index (χ3n) is 5.40. The van der Waals surface area contributed by atoms with E-state index in [1.807, 2.05) is 72.9 Å². The van der Waals surface area contributed by atoms with Crippen LogP contribution in [-0.2, 0) is 26.8 Å². The van der Waals surface area contributed by atoms with E-state index in [4.69, 9.17) is 13.6 Å². The highest BCUT2D eigenvalue weighted by molar-refractivity contribution is 7.48. The Morgan fingerprint density at radius 3 is 2.24 bits per heavy atom. The predicted molar refractivity (Wildman–Crippen MR) is 131 cm³/mol. The fraction of sp³-hybridized carbons (Fsp3) is 0.231. The summed E-state index contributed by atoms with van der Waals surface area (Å²) < 4.78 is 31.9. The van der Waals surface area contributed by atoms with E-state index in [1.54, 1.807) is 6.07 Å². The number of H-pyrrole nitrogens is 1. The zero-order valence-corrected chi connectivity index (χ0v) is 19.9. The molecule has 4 aromatic rings. The number of rotatable bonds is 11. The minimum absolute atomic E-state index is 0.128. The van der Waals surface area contributed by atoms with Crippen molar-refractivity contribution >= 4 is 18.7 Å². The first-order valence-corrected chi connectivity index (χ1v) is 12.4. The van der Waals surface area contributed by atoms with Gasteiger partial charge in [0.05, 0.1) is 20.7 Å². The molecular formula is C26H30N2O4P+. The van der Waals surface area contributed by atoms with Crippen molar-refractivity contribution in [3.63, 3.8) is 0 Å². The Morgan fingerprint density at radius 2 is 1.52 bits per heavy atom. The Hall–Kier alpha value is -2.89. The lowest BCUT2D eigenvalue weighted by molar-refractivity contribution is -0.903. The van der Waals surface area contributed by atoms with Gasteiger partial charge in [-0.3, -0.25) is 9.05 Å². The zero-order chi connectivity index (χ0) is 23.2. The van der Waals surface area contributed by atoms with Crippen molar-refractivity contribution in [3.8, 4) is 5.75 Å². The summed E-state index contributed by atoms with van der Waals surface area (Å²) in [4.78, 5) is 3.14. The maximum atomic E-state index is 13.7. The molecule has 4 rings (SSSR count). The highest BCUT2D eigenvalue weighted by Gasteiger charge is 2.31. The monoisotopic (exact) mass is 465 g/mol. The molecule has 6 nitrogen and oxygen atoms in total. The number of phosphoric ester groups is 1. The average molecular weight is 466 g/mol. The Labute approximate surface area is 194 Å². The van der Waals surface area contributed by atoms with Crippen molar-refractivity contribution in [2.45, 2.75) is 13.2 Å².